The lowest BCUT2D eigenvalue weighted by atomic mass is 9.97. The average Bonchev–Trinajstić information content (AvgIpc) is 2.79. The fourth-order valence-electron chi connectivity index (χ4n) is 3.46. The van der Waals surface area contributed by atoms with Crippen molar-refractivity contribution >= 4 is 39.1 Å². The largest absolute Gasteiger partial charge is 0.496 e. The van der Waals surface area contributed by atoms with Crippen molar-refractivity contribution in [1.82, 2.24) is 4.31 Å². The van der Waals surface area contributed by atoms with Crippen molar-refractivity contribution in [3.8, 4) is 5.75 Å². The van der Waals surface area contributed by atoms with Crippen molar-refractivity contribution < 1.29 is 22.9 Å². The lowest BCUT2D eigenvalue weighted by molar-refractivity contribution is -0.384. The molecule has 3 rings (SSSR count). The van der Waals surface area contributed by atoms with Gasteiger partial charge in [0.25, 0.3) is 5.69 Å². The van der Waals surface area contributed by atoms with E-state index in [1.165, 1.54) is 41.4 Å². The molecule has 9 nitrogen and oxygen atoms in total. The highest BCUT2D eigenvalue weighted by Crippen LogP contribution is 2.32. The highest BCUT2D eigenvalue weighted by Gasteiger charge is 2.33. The third-order valence-corrected chi connectivity index (χ3v) is 8.05. The molecule has 166 valence electrons. The molecule has 0 spiro atoms. The van der Waals surface area contributed by atoms with Gasteiger partial charge in [0.05, 0.1) is 23.0 Å². The summed E-state index contributed by atoms with van der Waals surface area (Å²) in [6.07, 6.45) is 2.48. The summed E-state index contributed by atoms with van der Waals surface area (Å²) in [5.74, 6) is -0.493. The summed E-state index contributed by atoms with van der Waals surface area (Å²) in [4.78, 5) is 24.4. The molecule has 0 atom stereocenters. The Kier molecular flexibility index (Phi) is 7.19. The number of piperidine rings is 1. The van der Waals surface area contributed by atoms with E-state index in [0.29, 0.717) is 23.5 Å². The highest BCUT2D eigenvalue weighted by molar-refractivity contribution is 7.99. The fraction of sp³-hybridized carbons (Fsp3) is 0.350. The molecule has 0 radical (unpaired) electrons. The maximum atomic E-state index is 13.0. The van der Waals surface area contributed by atoms with E-state index in [2.05, 4.69) is 5.32 Å². The summed E-state index contributed by atoms with van der Waals surface area (Å²) in [6.45, 7) is 0.404. The Hall–Kier alpha value is -2.63. The number of amides is 1. The number of nitro benzene ring substituents is 1. The zero-order chi connectivity index (χ0) is 22.6. The zero-order valence-corrected chi connectivity index (χ0v) is 18.7. The number of carbonyl (C=O) groups is 1. The van der Waals surface area contributed by atoms with Crippen LogP contribution in [0.25, 0.3) is 0 Å². The van der Waals surface area contributed by atoms with Gasteiger partial charge in [-0.2, -0.15) is 4.31 Å². The summed E-state index contributed by atoms with van der Waals surface area (Å²) < 4.78 is 32.5. The van der Waals surface area contributed by atoms with E-state index in [4.69, 9.17) is 4.74 Å². The molecule has 1 N–H and O–H groups in total. The molecule has 1 heterocycles. The Labute approximate surface area is 185 Å². The Morgan fingerprint density at radius 1 is 1.23 bits per heavy atom. The lowest BCUT2D eigenvalue weighted by Crippen LogP contribution is -2.41. The summed E-state index contributed by atoms with van der Waals surface area (Å²) in [7, 11) is -2.26. The van der Waals surface area contributed by atoms with Crippen LogP contribution in [0.3, 0.4) is 0 Å². The molecule has 0 aliphatic carbocycles. The van der Waals surface area contributed by atoms with Gasteiger partial charge in [0.15, 0.2) is 0 Å². The fourth-order valence-corrected chi connectivity index (χ4v) is 6.05. The molecule has 2 aromatic carbocycles. The van der Waals surface area contributed by atoms with E-state index in [0.717, 1.165) is 0 Å². The number of nitrogens with one attached hydrogen (secondary N) is 1. The van der Waals surface area contributed by atoms with Crippen LogP contribution >= 0.6 is 11.8 Å². The van der Waals surface area contributed by atoms with Crippen LogP contribution in [0.15, 0.2) is 52.3 Å². The Balaban J connectivity index is 1.69. The van der Waals surface area contributed by atoms with Crippen LogP contribution < -0.4 is 10.1 Å². The first-order valence-electron chi connectivity index (χ1n) is 9.54. The van der Waals surface area contributed by atoms with Crippen molar-refractivity contribution in [2.24, 2.45) is 5.92 Å². The molecular weight excluding hydrogens is 442 g/mol. The monoisotopic (exact) mass is 465 g/mol. The van der Waals surface area contributed by atoms with Gasteiger partial charge in [-0.1, -0.05) is 12.1 Å². The Morgan fingerprint density at radius 2 is 1.90 bits per heavy atom. The second kappa shape index (κ2) is 9.67. The number of benzene rings is 2. The molecular formula is C20H23N3O6S2. The SMILES string of the molecule is COc1ccc(NC(=O)C2CCN(S(=O)(=O)c3ccccc3SC)CC2)c([N+](=O)[O-])c1. The molecule has 2 aromatic rings. The standard InChI is InChI=1S/C20H23N3O6S2/c1-29-15-7-8-16(17(13-15)23(25)26)21-20(24)14-9-11-22(12-10-14)31(27,28)19-6-4-3-5-18(19)30-2/h3-8,13-14H,9-12H2,1-2H3,(H,21,24). The van der Waals surface area contributed by atoms with Gasteiger partial charge < -0.3 is 10.1 Å². The van der Waals surface area contributed by atoms with Crippen molar-refractivity contribution in [2.75, 3.05) is 31.8 Å². The molecule has 0 unspecified atom stereocenters. The minimum atomic E-state index is -3.66. The number of hydrogen-bond acceptors (Lipinski definition) is 7. The van der Waals surface area contributed by atoms with E-state index in [1.54, 1.807) is 24.3 Å². The molecule has 0 aromatic heterocycles. The van der Waals surface area contributed by atoms with E-state index in [9.17, 15) is 23.3 Å². The molecule has 0 bridgehead atoms. The normalized spacial score (nSPS) is 15.4. The lowest BCUT2D eigenvalue weighted by Gasteiger charge is -2.31. The first-order valence-corrected chi connectivity index (χ1v) is 12.2. The van der Waals surface area contributed by atoms with Gasteiger partial charge in [0.1, 0.15) is 11.4 Å². The van der Waals surface area contributed by atoms with Gasteiger partial charge in [-0.25, -0.2) is 8.42 Å². The second-order valence-electron chi connectivity index (χ2n) is 6.96. The number of sulfonamides is 1. The number of hydrogen-bond donors (Lipinski definition) is 1. The predicted octanol–water partition coefficient (Wildman–Crippen LogP) is 3.36. The van der Waals surface area contributed by atoms with Crippen LogP contribution in [0, 0.1) is 16.0 Å². The smallest absolute Gasteiger partial charge is 0.296 e. The quantitative estimate of drug-likeness (QED) is 0.378. The van der Waals surface area contributed by atoms with Crippen LogP contribution in [0.5, 0.6) is 5.75 Å². The molecule has 11 heteroatoms. The molecule has 1 amide bonds. The van der Waals surface area contributed by atoms with Crippen LogP contribution in [0.4, 0.5) is 11.4 Å². The van der Waals surface area contributed by atoms with Crippen LogP contribution in [0.1, 0.15) is 12.8 Å². The van der Waals surface area contributed by atoms with E-state index in [1.807, 2.05) is 6.26 Å². The number of nitrogens with zero attached hydrogens (tertiary/aromatic N) is 2. The molecule has 1 aliphatic rings. The molecule has 1 aliphatic heterocycles. The predicted molar refractivity (Wildman–Crippen MR) is 118 cm³/mol. The van der Waals surface area contributed by atoms with E-state index in [-0.39, 0.29) is 35.3 Å². The highest BCUT2D eigenvalue weighted by atomic mass is 32.2. The van der Waals surface area contributed by atoms with Gasteiger partial charge in [-0.15, -0.1) is 11.8 Å². The number of thioether (sulfide) groups is 1. The van der Waals surface area contributed by atoms with Crippen LogP contribution in [-0.4, -0.2) is 50.0 Å². The number of rotatable bonds is 7. The minimum absolute atomic E-state index is 0.0831. The van der Waals surface area contributed by atoms with Gasteiger partial charge in [-0.05, 0) is 43.4 Å². The Morgan fingerprint density at radius 3 is 2.52 bits per heavy atom. The summed E-state index contributed by atoms with van der Waals surface area (Å²) >= 11 is 1.37. The number of methoxy groups -OCH3 is 1. The van der Waals surface area contributed by atoms with Gasteiger partial charge in [-0.3, -0.25) is 14.9 Å². The van der Waals surface area contributed by atoms with E-state index < -0.39 is 20.9 Å². The van der Waals surface area contributed by atoms with Crippen LogP contribution in [0.2, 0.25) is 0 Å². The maximum Gasteiger partial charge on any atom is 0.296 e. The number of anilines is 1. The van der Waals surface area contributed by atoms with E-state index >= 15 is 0 Å². The first kappa shape index (κ1) is 23.0. The number of nitro groups is 1. The van der Waals surface area contributed by atoms with Crippen molar-refractivity contribution in [3.63, 3.8) is 0 Å². The molecule has 1 fully saturated rings. The third-order valence-electron chi connectivity index (χ3n) is 5.17. The Bertz CT molecular complexity index is 1080. The van der Waals surface area contributed by atoms with Gasteiger partial charge in [0.2, 0.25) is 15.9 Å². The van der Waals surface area contributed by atoms with Crippen molar-refractivity contribution in [2.45, 2.75) is 22.6 Å². The average molecular weight is 466 g/mol. The topological polar surface area (TPSA) is 119 Å². The van der Waals surface area contributed by atoms with Crippen molar-refractivity contribution in [1.29, 1.82) is 0 Å². The van der Waals surface area contributed by atoms with Crippen LogP contribution in [-0.2, 0) is 14.8 Å². The van der Waals surface area contributed by atoms with Gasteiger partial charge in [0, 0.05) is 23.9 Å². The molecule has 1 saturated heterocycles. The summed E-state index contributed by atoms with van der Waals surface area (Å²) in [5, 5.41) is 13.9. The summed E-state index contributed by atoms with van der Waals surface area (Å²) in [6, 6.07) is 11.0. The zero-order valence-electron chi connectivity index (χ0n) is 17.1. The maximum absolute atomic E-state index is 13.0. The number of carbonyl (C=O) groups excluding carboxylic acids is 1. The number of ether oxygens (including phenoxy) is 1. The third kappa shape index (κ3) is 5.00. The minimum Gasteiger partial charge on any atom is -0.496 e. The summed E-state index contributed by atoms with van der Waals surface area (Å²) in [5.41, 5.74) is -0.180. The second-order valence-corrected chi connectivity index (χ2v) is 9.71. The molecule has 31 heavy (non-hydrogen) atoms. The van der Waals surface area contributed by atoms with Gasteiger partial charge >= 0.3 is 0 Å². The van der Waals surface area contributed by atoms with Crippen molar-refractivity contribution in [3.05, 3.63) is 52.6 Å². The first-order chi connectivity index (χ1) is 14.8. The molecule has 0 saturated carbocycles.